The van der Waals surface area contributed by atoms with Gasteiger partial charge in [-0.2, -0.15) is 0 Å². The molecule has 0 aromatic carbocycles. The molecule has 2 nitrogen and oxygen atoms in total. The number of nitrogens with zero attached hydrogens (tertiary/aromatic N) is 1. The maximum Gasteiger partial charge on any atom is 0.0577 e. The molecule has 2 fully saturated rings. The van der Waals surface area contributed by atoms with E-state index in [0.717, 1.165) is 30.6 Å². The normalized spacial score (nSPS) is 44.4. The summed E-state index contributed by atoms with van der Waals surface area (Å²) < 4.78 is 0. The van der Waals surface area contributed by atoms with Crippen molar-refractivity contribution in [3.8, 4) is 0 Å². The Labute approximate surface area is 157 Å². The number of aliphatic hydroxyl groups excluding tert-OH is 1. The van der Waals surface area contributed by atoms with Crippen molar-refractivity contribution in [3.05, 3.63) is 47.8 Å². The van der Waals surface area contributed by atoms with Crippen LogP contribution in [0.15, 0.2) is 42.3 Å². The van der Waals surface area contributed by atoms with Crippen LogP contribution in [0.4, 0.5) is 0 Å². The number of hydrogen-bond acceptors (Lipinski definition) is 2. The lowest BCUT2D eigenvalue weighted by atomic mass is 9.47. The molecule has 0 saturated heterocycles. The average Bonchev–Trinajstić information content (AvgIpc) is 3.00. The van der Waals surface area contributed by atoms with E-state index in [9.17, 15) is 5.11 Å². The zero-order chi connectivity index (χ0) is 17.9. The third-order valence-corrected chi connectivity index (χ3v) is 8.63. The number of aromatic nitrogens is 1. The van der Waals surface area contributed by atoms with Crippen molar-refractivity contribution in [2.45, 2.75) is 64.9 Å². The van der Waals surface area contributed by atoms with Gasteiger partial charge in [-0.25, -0.2) is 0 Å². The predicted octanol–water partition coefficient (Wildman–Crippen LogP) is 5.40. The van der Waals surface area contributed by atoms with E-state index in [2.05, 4.69) is 43.1 Å². The molecule has 0 spiro atoms. The number of hydrogen-bond donors (Lipinski definition) is 1. The first-order chi connectivity index (χ1) is 12.5. The maximum atomic E-state index is 10.2. The second kappa shape index (κ2) is 5.79. The highest BCUT2D eigenvalue weighted by Gasteiger charge is 2.56. The van der Waals surface area contributed by atoms with Gasteiger partial charge in [0.15, 0.2) is 0 Å². The van der Waals surface area contributed by atoms with Gasteiger partial charge in [-0.15, -0.1) is 0 Å². The van der Waals surface area contributed by atoms with Crippen molar-refractivity contribution in [2.75, 3.05) is 0 Å². The van der Waals surface area contributed by atoms with Gasteiger partial charge < -0.3 is 5.11 Å². The molecular formula is C24H31NO. The van der Waals surface area contributed by atoms with E-state index in [-0.39, 0.29) is 6.10 Å². The predicted molar refractivity (Wildman–Crippen MR) is 105 cm³/mol. The molecule has 6 atom stereocenters. The molecule has 4 aliphatic carbocycles. The van der Waals surface area contributed by atoms with Gasteiger partial charge >= 0.3 is 0 Å². The Kier molecular flexibility index (Phi) is 3.73. The maximum absolute atomic E-state index is 10.2. The molecule has 0 amide bonds. The Hall–Kier alpha value is -1.41. The third kappa shape index (κ3) is 2.24. The number of pyridine rings is 1. The molecule has 1 aromatic rings. The smallest absolute Gasteiger partial charge is 0.0577 e. The van der Waals surface area contributed by atoms with Crippen molar-refractivity contribution in [2.24, 2.45) is 28.6 Å². The molecule has 0 bridgehead atoms. The molecule has 0 aliphatic heterocycles. The van der Waals surface area contributed by atoms with Crippen LogP contribution in [0.5, 0.6) is 0 Å². The van der Waals surface area contributed by atoms with Gasteiger partial charge in [0.05, 0.1) is 6.10 Å². The van der Waals surface area contributed by atoms with Crippen molar-refractivity contribution in [1.29, 1.82) is 0 Å². The lowest BCUT2D eigenvalue weighted by molar-refractivity contribution is -0.0238. The minimum absolute atomic E-state index is 0.106. The molecule has 4 aliphatic rings. The molecule has 2 heteroatoms. The Bertz CT molecular complexity index is 766. The summed E-state index contributed by atoms with van der Waals surface area (Å²) >= 11 is 0. The fourth-order valence-corrected chi connectivity index (χ4v) is 7.18. The second-order valence-electron chi connectivity index (χ2n) is 9.71. The van der Waals surface area contributed by atoms with Crippen LogP contribution in [-0.2, 0) is 0 Å². The summed E-state index contributed by atoms with van der Waals surface area (Å²) in [6.07, 6.45) is 17.0. The summed E-state index contributed by atoms with van der Waals surface area (Å²) in [5.41, 5.74) is 5.09. The molecular weight excluding hydrogens is 318 g/mol. The van der Waals surface area contributed by atoms with Gasteiger partial charge in [-0.3, -0.25) is 4.98 Å². The lowest BCUT2D eigenvalue weighted by Gasteiger charge is -2.57. The summed E-state index contributed by atoms with van der Waals surface area (Å²) in [5, 5.41) is 10.2. The summed E-state index contributed by atoms with van der Waals surface area (Å²) in [6, 6.07) is 4.31. The Morgan fingerprint density at radius 2 is 1.88 bits per heavy atom. The summed E-state index contributed by atoms with van der Waals surface area (Å²) in [4.78, 5) is 4.38. The third-order valence-electron chi connectivity index (χ3n) is 8.63. The largest absolute Gasteiger partial charge is 0.393 e. The van der Waals surface area contributed by atoms with Gasteiger partial charge in [0.25, 0.3) is 0 Å². The Morgan fingerprint density at radius 1 is 1.04 bits per heavy atom. The first kappa shape index (κ1) is 16.7. The number of fused-ring (bicyclic) bond motifs is 5. The van der Waals surface area contributed by atoms with Crippen LogP contribution >= 0.6 is 0 Å². The number of rotatable bonds is 1. The van der Waals surface area contributed by atoms with Crippen molar-refractivity contribution in [3.63, 3.8) is 0 Å². The molecule has 26 heavy (non-hydrogen) atoms. The molecule has 2 saturated carbocycles. The van der Waals surface area contributed by atoms with Crippen LogP contribution in [-0.4, -0.2) is 16.2 Å². The van der Waals surface area contributed by atoms with Crippen LogP contribution in [0.2, 0.25) is 0 Å². The minimum atomic E-state index is -0.106. The molecule has 3 unspecified atom stereocenters. The topological polar surface area (TPSA) is 33.1 Å². The van der Waals surface area contributed by atoms with E-state index in [0.29, 0.717) is 10.8 Å². The lowest BCUT2D eigenvalue weighted by Crippen LogP contribution is -2.49. The quantitative estimate of drug-likeness (QED) is 0.689. The van der Waals surface area contributed by atoms with Crippen molar-refractivity contribution < 1.29 is 5.11 Å². The van der Waals surface area contributed by atoms with Crippen molar-refractivity contribution >= 4 is 5.57 Å². The van der Waals surface area contributed by atoms with E-state index in [1.807, 2.05) is 12.4 Å². The van der Waals surface area contributed by atoms with E-state index in [4.69, 9.17) is 0 Å². The molecule has 1 heterocycles. The molecule has 5 rings (SSSR count). The van der Waals surface area contributed by atoms with E-state index >= 15 is 0 Å². The van der Waals surface area contributed by atoms with Gasteiger partial charge in [0.2, 0.25) is 0 Å². The van der Waals surface area contributed by atoms with Crippen LogP contribution in [0.3, 0.4) is 0 Å². The highest BCUT2D eigenvalue weighted by molar-refractivity contribution is 5.72. The Morgan fingerprint density at radius 3 is 2.69 bits per heavy atom. The summed E-state index contributed by atoms with van der Waals surface area (Å²) in [5.74, 6) is 2.36. The van der Waals surface area contributed by atoms with E-state index < -0.39 is 0 Å². The van der Waals surface area contributed by atoms with Gasteiger partial charge in [0, 0.05) is 12.4 Å². The van der Waals surface area contributed by atoms with Crippen LogP contribution < -0.4 is 0 Å². The van der Waals surface area contributed by atoms with Crippen LogP contribution in [0, 0.1) is 28.6 Å². The average molecular weight is 350 g/mol. The highest BCUT2D eigenvalue weighted by atomic mass is 16.3. The second-order valence-corrected chi connectivity index (χ2v) is 9.71. The highest BCUT2D eigenvalue weighted by Crippen LogP contribution is 2.66. The summed E-state index contributed by atoms with van der Waals surface area (Å²) in [7, 11) is 0. The Balaban J connectivity index is 1.48. The van der Waals surface area contributed by atoms with E-state index in [1.54, 1.807) is 11.1 Å². The van der Waals surface area contributed by atoms with Crippen LogP contribution in [0.25, 0.3) is 5.57 Å². The minimum Gasteiger partial charge on any atom is -0.393 e. The molecule has 138 valence electrons. The van der Waals surface area contributed by atoms with Crippen molar-refractivity contribution in [1.82, 2.24) is 4.98 Å². The first-order valence-corrected chi connectivity index (χ1v) is 10.5. The monoisotopic (exact) mass is 349 g/mol. The molecule has 1 N–H and O–H groups in total. The number of allylic oxidation sites excluding steroid dienone is 3. The van der Waals surface area contributed by atoms with Gasteiger partial charge in [-0.1, -0.05) is 37.6 Å². The van der Waals surface area contributed by atoms with Crippen LogP contribution in [0.1, 0.15) is 64.4 Å². The first-order valence-electron chi connectivity index (χ1n) is 10.5. The zero-order valence-electron chi connectivity index (χ0n) is 16.1. The standard InChI is InChI=1S/C24H31NO/c1-23-11-9-18(26)14-17(23)5-6-19-21-8-7-20(16-4-3-13-25-15-16)24(21,2)12-10-22(19)23/h3-5,7,13,15,18-19,21-22,26H,6,8-12,14H2,1-2H3/t18-,19?,21-,22-,23?,24?/m0/s1. The van der Waals surface area contributed by atoms with Gasteiger partial charge in [0.1, 0.15) is 0 Å². The molecule has 0 radical (unpaired) electrons. The van der Waals surface area contributed by atoms with Gasteiger partial charge in [-0.05, 0) is 90.7 Å². The zero-order valence-corrected chi connectivity index (χ0v) is 16.1. The fourth-order valence-electron chi connectivity index (χ4n) is 7.18. The molecule has 1 aromatic heterocycles. The SMILES string of the molecule is CC12CC[C@H](O)CC1=CCC1[C@@H]2CCC2(C)C(c3cccnc3)=CC[C@@H]12. The number of aliphatic hydroxyl groups is 1. The van der Waals surface area contributed by atoms with E-state index in [1.165, 1.54) is 37.7 Å². The fraction of sp³-hybridized carbons (Fsp3) is 0.625. The summed E-state index contributed by atoms with van der Waals surface area (Å²) in [6.45, 7) is 5.03.